The maximum absolute atomic E-state index is 11.6. The Morgan fingerprint density at radius 1 is 1.40 bits per heavy atom. The van der Waals surface area contributed by atoms with Crippen LogP contribution in [0, 0.1) is 0 Å². The van der Waals surface area contributed by atoms with E-state index in [-0.39, 0.29) is 11.9 Å². The van der Waals surface area contributed by atoms with Crippen molar-refractivity contribution in [3.63, 3.8) is 0 Å². The van der Waals surface area contributed by atoms with Crippen LogP contribution >= 0.6 is 0 Å². The summed E-state index contributed by atoms with van der Waals surface area (Å²) in [5.74, 6) is 0.674. The van der Waals surface area contributed by atoms with Crippen LogP contribution in [0.2, 0.25) is 0 Å². The Kier molecular flexibility index (Phi) is 3.69. The van der Waals surface area contributed by atoms with E-state index in [9.17, 15) is 4.79 Å². The van der Waals surface area contributed by atoms with Crippen molar-refractivity contribution in [1.29, 1.82) is 0 Å². The van der Waals surface area contributed by atoms with Crippen LogP contribution in [0.5, 0.6) is 0 Å². The Hall–Kier alpha value is -1.09. The molecule has 1 aliphatic rings. The van der Waals surface area contributed by atoms with Crippen molar-refractivity contribution in [3.8, 4) is 0 Å². The van der Waals surface area contributed by atoms with Crippen molar-refractivity contribution in [2.24, 2.45) is 0 Å². The minimum absolute atomic E-state index is 0.00866. The van der Waals surface area contributed by atoms with Crippen molar-refractivity contribution >= 4 is 5.78 Å². The second-order valence-corrected chi connectivity index (χ2v) is 4.15. The van der Waals surface area contributed by atoms with Crippen LogP contribution in [-0.2, 0) is 14.3 Å². The highest BCUT2D eigenvalue weighted by Gasteiger charge is 2.40. The van der Waals surface area contributed by atoms with Crippen molar-refractivity contribution < 1.29 is 14.3 Å². The quantitative estimate of drug-likeness (QED) is 0.713. The highest BCUT2D eigenvalue weighted by Crippen LogP contribution is 2.30. The van der Waals surface area contributed by atoms with Gasteiger partial charge in [0.2, 0.25) is 5.78 Å². The molecule has 0 aromatic rings. The molecule has 0 amide bonds. The highest BCUT2D eigenvalue weighted by molar-refractivity contribution is 6.10. The fourth-order valence-electron chi connectivity index (χ4n) is 1.47. The molecule has 0 heterocycles. The van der Waals surface area contributed by atoms with Gasteiger partial charge in [-0.3, -0.25) is 4.79 Å². The highest BCUT2D eigenvalue weighted by atomic mass is 16.5. The molecule has 0 fully saturated rings. The summed E-state index contributed by atoms with van der Waals surface area (Å²) in [6.45, 7) is 7.77. The largest absolute Gasteiger partial charge is 0.491 e. The van der Waals surface area contributed by atoms with Crippen LogP contribution in [0.4, 0.5) is 0 Å². The molecule has 15 heavy (non-hydrogen) atoms. The number of carbonyl (C=O) groups is 1. The Balaban J connectivity index is 2.95. The van der Waals surface area contributed by atoms with Crippen molar-refractivity contribution in [2.45, 2.75) is 39.9 Å². The minimum Gasteiger partial charge on any atom is -0.491 e. The topological polar surface area (TPSA) is 35.5 Å². The summed E-state index contributed by atoms with van der Waals surface area (Å²) in [6, 6.07) is 0. The molecule has 0 radical (unpaired) electrons. The molecule has 3 nitrogen and oxygen atoms in total. The molecule has 1 atom stereocenters. The van der Waals surface area contributed by atoms with Gasteiger partial charge in [-0.15, -0.1) is 0 Å². The van der Waals surface area contributed by atoms with Gasteiger partial charge in [0.15, 0.2) is 6.10 Å². The maximum atomic E-state index is 11.6. The second-order valence-electron chi connectivity index (χ2n) is 4.15. The first-order chi connectivity index (χ1) is 6.97. The monoisotopic (exact) mass is 210 g/mol. The van der Waals surface area contributed by atoms with Gasteiger partial charge in [0.05, 0.1) is 11.7 Å². The first-order valence-electron chi connectivity index (χ1n) is 5.10. The molecular formula is C12H18O3. The van der Waals surface area contributed by atoms with Crippen LogP contribution in [0.1, 0.15) is 27.7 Å². The van der Waals surface area contributed by atoms with Gasteiger partial charge in [-0.1, -0.05) is 5.57 Å². The van der Waals surface area contributed by atoms with E-state index < -0.39 is 6.10 Å². The number of carbonyl (C=O) groups excluding carboxylic acids is 1. The summed E-state index contributed by atoms with van der Waals surface area (Å²) < 4.78 is 10.6. The van der Waals surface area contributed by atoms with E-state index in [2.05, 4.69) is 0 Å². The van der Waals surface area contributed by atoms with E-state index in [0.717, 1.165) is 5.57 Å². The van der Waals surface area contributed by atoms with E-state index in [1.54, 1.807) is 0 Å². The maximum Gasteiger partial charge on any atom is 0.202 e. The van der Waals surface area contributed by atoms with Gasteiger partial charge >= 0.3 is 0 Å². The first kappa shape index (κ1) is 12.0. The molecule has 0 aromatic carbocycles. The predicted octanol–water partition coefficient (Wildman–Crippen LogP) is 2.23. The third kappa shape index (κ3) is 2.48. The number of hydrogen-bond acceptors (Lipinski definition) is 3. The van der Waals surface area contributed by atoms with Crippen LogP contribution in [0.25, 0.3) is 0 Å². The molecule has 84 valence electrons. The lowest BCUT2D eigenvalue weighted by molar-refractivity contribution is -0.130. The number of hydrogen-bond donors (Lipinski definition) is 0. The Morgan fingerprint density at radius 2 is 2.00 bits per heavy atom. The zero-order chi connectivity index (χ0) is 11.6. The lowest BCUT2D eigenvalue weighted by atomic mass is 9.89. The Bertz CT molecular complexity index is 320. The van der Waals surface area contributed by atoms with Gasteiger partial charge in [-0.2, -0.15) is 0 Å². The Morgan fingerprint density at radius 3 is 2.40 bits per heavy atom. The van der Waals surface area contributed by atoms with Gasteiger partial charge in [0.25, 0.3) is 0 Å². The van der Waals surface area contributed by atoms with Crippen LogP contribution in [0.3, 0.4) is 0 Å². The second kappa shape index (κ2) is 4.62. The molecule has 0 bridgehead atoms. The van der Waals surface area contributed by atoms with Gasteiger partial charge in [0.1, 0.15) is 5.76 Å². The van der Waals surface area contributed by atoms with Crippen LogP contribution in [0.15, 0.2) is 23.0 Å². The minimum atomic E-state index is -0.502. The van der Waals surface area contributed by atoms with Crippen molar-refractivity contribution in [3.05, 3.63) is 23.0 Å². The number of ketones is 1. The molecule has 1 unspecified atom stereocenters. The number of ether oxygens (including phenoxy) is 2. The lowest BCUT2D eigenvalue weighted by Gasteiger charge is -2.30. The van der Waals surface area contributed by atoms with E-state index in [4.69, 9.17) is 9.47 Å². The summed E-state index contributed by atoms with van der Waals surface area (Å²) >= 11 is 0. The number of rotatable bonds is 4. The molecule has 0 spiro atoms. The van der Waals surface area contributed by atoms with Gasteiger partial charge in [0, 0.05) is 7.11 Å². The van der Waals surface area contributed by atoms with Crippen LogP contribution < -0.4 is 0 Å². The number of Topliss-reactive ketones (excluding diaryl/α,β-unsaturated/α-hetero) is 1. The molecule has 0 N–H and O–H groups in total. The number of allylic oxidation sites excluding steroid dienone is 2. The molecule has 0 aliphatic heterocycles. The molecule has 1 aliphatic carbocycles. The fourth-order valence-corrected chi connectivity index (χ4v) is 1.47. The summed E-state index contributed by atoms with van der Waals surface area (Å²) in [6.07, 6.45) is 1.40. The average Bonchev–Trinajstić information content (AvgIpc) is 2.13. The Labute approximate surface area is 90.8 Å². The van der Waals surface area contributed by atoms with E-state index >= 15 is 0 Å². The SMILES string of the molecule is COC1C(=O)C(C=C(C)C)=C1OC(C)C. The van der Waals surface area contributed by atoms with E-state index in [1.807, 2.05) is 33.8 Å². The normalized spacial score (nSPS) is 20.4. The first-order valence-corrected chi connectivity index (χ1v) is 5.10. The van der Waals surface area contributed by atoms with Crippen molar-refractivity contribution in [1.82, 2.24) is 0 Å². The molecule has 0 aromatic heterocycles. The van der Waals surface area contributed by atoms with Gasteiger partial charge in [-0.05, 0) is 33.8 Å². The zero-order valence-corrected chi connectivity index (χ0v) is 9.96. The van der Waals surface area contributed by atoms with E-state index in [0.29, 0.717) is 11.3 Å². The standard InChI is InChI=1S/C12H18O3/c1-7(2)6-9-10(13)12(14-5)11(9)15-8(3)4/h6,8,12H,1-5H3. The summed E-state index contributed by atoms with van der Waals surface area (Å²) in [4.78, 5) is 11.6. The smallest absolute Gasteiger partial charge is 0.202 e. The third-order valence-corrected chi connectivity index (χ3v) is 2.04. The summed E-state index contributed by atoms with van der Waals surface area (Å²) in [7, 11) is 1.52. The average molecular weight is 210 g/mol. The fraction of sp³-hybridized carbons (Fsp3) is 0.583. The van der Waals surface area contributed by atoms with Crippen molar-refractivity contribution in [2.75, 3.05) is 7.11 Å². The predicted molar refractivity (Wildman–Crippen MR) is 58.5 cm³/mol. The lowest BCUT2D eigenvalue weighted by Crippen LogP contribution is -2.39. The molecular weight excluding hydrogens is 192 g/mol. The number of methoxy groups -OCH3 is 1. The van der Waals surface area contributed by atoms with Crippen LogP contribution in [-0.4, -0.2) is 25.1 Å². The van der Waals surface area contributed by atoms with E-state index in [1.165, 1.54) is 7.11 Å². The van der Waals surface area contributed by atoms with Gasteiger partial charge in [-0.25, -0.2) is 0 Å². The van der Waals surface area contributed by atoms with Gasteiger partial charge < -0.3 is 9.47 Å². The summed E-state index contributed by atoms with van der Waals surface area (Å²) in [5, 5.41) is 0. The molecule has 1 rings (SSSR count). The third-order valence-electron chi connectivity index (χ3n) is 2.04. The molecule has 0 saturated heterocycles. The zero-order valence-electron chi connectivity index (χ0n) is 9.96. The molecule has 0 saturated carbocycles. The summed E-state index contributed by atoms with van der Waals surface area (Å²) in [5.41, 5.74) is 1.73. The molecule has 3 heteroatoms.